The topological polar surface area (TPSA) is 82.1 Å². The Morgan fingerprint density at radius 2 is 1.71 bits per heavy atom. The Morgan fingerprint density at radius 3 is 2.06 bits per heavy atom. The molecular formula is C10H21O6P. The molecule has 1 unspecified atom stereocenters. The van der Waals surface area contributed by atoms with E-state index in [1.54, 1.807) is 27.7 Å². The van der Waals surface area contributed by atoms with Crippen LogP contribution < -0.4 is 0 Å². The Labute approximate surface area is 102 Å². The molecule has 0 rings (SSSR count). The Kier molecular flexibility index (Phi) is 6.94. The van der Waals surface area contributed by atoms with Crippen LogP contribution in [0.15, 0.2) is 0 Å². The molecule has 1 atom stereocenters. The molecule has 0 aliphatic carbocycles. The van der Waals surface area contributed by atoms with Crippen molar-refractivity contribution in [1.29, 1.82) is 0 Å². The molecule has 6 nitrogen and oxygen atoms in total. The molecule has 0 aromatic carbocycles. The van der Waals surface area contributed by atoms with Gasteiger partial charge in [0.15, 0.2) is 5.16 Å². The van der Waals surface area contributed by atoms with Gasteiger partial charge in [-0.05, 0) is 26.7 Å². The maximum absolute atomic E-state index is 12.1. The SMILES string of the molecule is CCOOC(=O)C(CC)(CC)P(=O)(O)OCC. The van der Waals surface area contributed by atoms with Crippen LogP contribution in [0.4, 0.5) is 0 Å². The average Bonchev–Trinajstić information content (AvgIpc) is 2.28. The van der Waals surface area contributed by atoms with E-state index in [1.807, 2.05) is 0 Å². The Morgan fingerprint density at radius 1 is 1.18 bits per heavy atom. The molecular weight excluding hydrogens is 247 g/mol. The summed E-state index contributed by atoms with van der Waals surface area (Å²) in [6.07, 6.45) is 0.284. The third-order valence-electron chi connectivity index (χ3n) is 2.65. The van der Waals surface area contributed by atoms with E-state index >= 15 is 0 Å². The van der Waals surface area contributed by atoms with E-state index in [1.165, 1.54) is 0 Å². The van der Waals surface area contributed by atoms with Crippen LogP contribution in [-0.2, 0) is 23.7 Å². The van der Waals surface area contributed by atoms with E-state index in [-0.39, 0.29) is 26.1 Å². The van der Waals surface area contributed by atoms with Gasteiger partial charge in [-0.3, -0.25) is 9.45 Å². The van der Waals surface area contributed by atoms with Gasteiger partial charge in [-0.15, -0.1) is 0 Å². The number of carbonyl (C=O) groups is 1. The van der Waals surface area contributed by atoms with Gasteiger partial charge in [0.1, 0.15) is 0 Å². The summed E-state index contributed by atoms with van der Waals surface area (Å²) >= 11 is 0. The molecule has 0 aliphatic heterocycles. The van der Waals surface area contributed by atoms with Crippen LogP contribution >= 0.6 is 7.60 Å². The fraction of sp³-hybridized carbons (Fsp3) is 0.900. The van der Waals surface area contributed by atoms with Crippen molar-refractivity contribution in [3.05, 3.63) is 0 Å². The number of carbonyl (C=O) groups excluding carboxylic acids is 1. The zero-order valence-corrected chi connectivity index (χ0v) is 11.7. The van der Waals surface area contributed by atoms with Gasteiger partial charge in [0.2, 0.25) is 0 Å². The molecule has 0 amide bonds. The Bertz CT molecular complexity index is 287. The molecule has 0 aliphatic rings. The third-order valence-corrected chi connectivity index (χ3v) is 5.15. The second kappa shape index (κ2) is 7.11. The minimum absolute atomic E-state index is 0.0530. The summed E-state index contributed by atoms with van der Waals surface area (Å²) in [6.45, 7) is 6.75. The first-order valence-electron chi connectivity index (χ1n) is 5.73. The van der Waals surface area contributed by atoms with Gasteiger partial charge in [-0.1, -0.05) is 13.8 Å². The van der Waals surface area contributed by atoms with Crippen molar-refractivity contribution < 1.29 is 28.6 Å². The molecule has 1 N–H and O–H groups in total. The van der Waals surface area contributed by atoms with E-state index < -0.39 is 18.7 Å². The molecule has 0 spiro atoms. The van der Waals surface area contributed by atoms with E-state index in [4.69, 9.17) is 4.52 Å². The van der Waals surface area contributed by atoms with Gasteiger partial charge in [0.25, 0.3) is 0 Å². The summed E-state index contributed by atoms with van der Waals surface area (Å²) in [6, 6.07) is 0. The van der Waals surface area contributed by atoms with Gasteiger partial charge in [0, 0.05) is 0 Å². The molecule has 0 aromatic heterocycles. The van der Waals surface area contributed by atoms with Gasteiger partial charge < -0.3 is 9.42 Å². The molecule has 0 heterocycles. The summed E-state index contributed by atoms with van der Waals surface area (Å²) in [5.41, 5.74) is 0. The largest absolute Gasteiger partial charge is 0.360 e. The van der Waals surface area contributed by atoms with Crippen molar-refractivity contribution in [2.24, 2.45) is 0 Å². The highest BCUT2D eigenvalue weighted by atomic mass is 31.2. The maximum Gasteiger partial charge on any atom is 0.360 e. The van der Waals surface area contributed by atoms with Crippen LogP contribution in [0.2, 0.25) is 0 Å². The van der Waals surface area contributed by atoms with Crippen LogP contribution in [0.1, 0.15) is 40.5 Å². The van der Waals surface area contributed by atoms with Crippen molar-refractivity contribution in [3.63, 3.8) is 0 Å². The first-order valence-corrected chi connectivity index (χ1v) is 7.30. The molecule has 0 radical (unpaired) electrons. The predicted molar refractivity (Wildman–Crippen MR) is 62.5 cm³/mol. The van der Waals surface area contributed by atoms with Crippen molar-refractivity contribution >= 4 is 13.6 Å². The highest BCUT2D eigenvalue weighted by Gasteiger charge is 2.54. The van der Waals surface area contributed by atoms with Crippen LogP contribution in [0.3, 0.4) is 0 Å². The second-order valence-electron chi connectivity index (χ2n) is 3.45. The van der Waals surface area contributed by atoms with Crippen LogP contribution in [0.25, 0.3) is 0 Å². The number of rotatable bonds is 8. The monoisotopic (exact) mass is 268 g/mol. The van der Waals surface area contributed by atoms with Crippen LogP contribution in [-0.4, -0.2) is 29.2 Å². The van der Waals surface area contributed by atoms with Crippen molar-refractivity contribution in [3.8, 4) is 0 Å². The zero-order chi connectivity index (χ0) is 13.5. The average molecular weight is 268 g/mol. The highest BCUT2D eigenvalue weighted by molar-refractivity contribution is 7.55. The molecule has 0 saturated carbocycles. The number of hydrogen-bond donors (Lipinski definition) is 1. The minimum Gasteiger partial charge on any atom is -0.323 e. The molecule has 17 heavy (non-hydrogen) atoms. The minimum atomic E-state index is -4.08. The van der Waals surface area contributed by atoms with Gasteiger partial charge in [0.05, 0.1) is 13.2 Å². The van der Waals surface area contributed by atoms with Gasteiger partial charge >= 0.3 is 13.6 Å². The van der Waals surface area contributed by atoms with E-state index in [0.717, 1.165) is 0 Å². The lowest BCUT2D eigenvalue weighted by atomic mass is 10.0. The fourth-order valence-corrected chi connectivity index (χ4v) is 3.21. The van der Waals surface area contributed by atoms with Crippen molar-refractivity contribution in [2.75, 3.05) is 13.2 Å². The molecule has 0 bridgehead atoms. The van der Waals surface area contributed by atoms with E-state index in [0.29, 0.717) is 0 Å². The Balaban J connectivity index is 5.14. The fourth-order valence-electron chi connectivity index (χ4n) is 1.54. The summed E-state index contributed by atoms with van der Waals surface area (Å²) in [5, 5.41) is -1.56. The normalized spacial score (nSPS) is 15.4. The smallest absolute Gasteiger partial charge is 0.323 e. The van der Waals surface area contributed by atoms with E-state index in [2.05, 4.69) is 9.78 Å². The summed E-state index contributed by atoms with van der Waals surface area (Å²) in [4.78, 5) is 30.8. The Hall–Kier alpha value is -0.420. The lowest BCUT2D eigenvalue weighted by Gasteiger charge is -2.31. The second-order valence-corrected chi connectivity index (χ2v) is 5.61. The van der Waals surface area contributed by atoms with Crippen molar-refractivity contribution in [1.82, 2.24) is 0 Å². The summed E-state index contributed by atoms with van der Waals surface area (Å²) < 4.78 is 16.9. The molecule has 7 heteroatoms. The van der Waals surface area contributed by atoms with Crippen LogP contribution in [0.5, 0.6) is 0 Å². The first-order chi connectivity index (χ1) is 7.91. The van der Waals surface area contributed by atoms with Gasteiger partial charge in [-0.25, -0.2) is 4.79 Å². The molecule has 0 aromatic rings. The van der Waals surface area contributed by atoms with Crippen LogP contribution in [0, 0.1) is 0 Å². The molecule has 102 valence electrons. The lowest BCUT2D eigenvalue weighted by Crippen LogP contribution is -2.39. The highest BCUT2D eigenvalue weighted by Crippen LogP contribution is 2.59. The predicted octanol–water partition coefficient (Wildman–Crippen LogP) is 2.26. The van der Waals surface area contributed by atoms with E-state index in [9.17, 15) is 14.3 Å². The van der Waals surface area contributed by atoms with Crippen molar-refractivity contribution in [2.45, 2.75) is 45.7 Å². The summed E-state index contributed by atoms with van der Waals surface area (Å²) in [5.74, 6) is -0.858. The van der Waals surface area contributed by atoms with Gasteiger partial charge in [-0.2, -0.15) is 4.89 Å². The summed E-state index contributed by atoms with van der Waals surface area (Å²) in [7, 11) is -4.08. The third kappa shape index (κ3) is 3.52. The standard InChI is InChI=1S/C10H21O6P/c1-5-10(6-2,9(11)16-14-7-3)17(12,13)15-8-4/h5-8H2,1-4H3,(H,12,13). The zero-order valence-electron chi connectivity index (χ0n) is 10.8. The molecule has 0 saturated heterocycles. The maximum atomic E-state index is 12.1. The molecule has 0 fully saturated rings. The quantitative estimate of drug-likeness (QED) is 0.413. The first kappa shape index (κ1) is 16.6. The number of hydrogen-bond acceptors (Lipinski definition) is 5. The lowest BCUT2D eigenvalue weighted by molar-refractivity contribution is -0.272.